The molecule has 1 aromatic carbocycles. The van der Waals surface area contributed by atoms with Crippen LogP contribution in [0.2, 0.25) is 0 Å². The molecule has 0 spiro atoms. The molecule has 0 bridgehead atoms. The minimum Gasteiger partial charge on any atom is -0.431 e. The van der Waals surface area contributed by atoms with Crippen LogP contribution in [0.4, 0.5) is 0 Å². The maximum Gasteiger partial charge on any atom is 0.311 e. The number of benzene rings is 1. The van der Waals surface area contributed by atoms with Crippen LogP contribution in [0, 0.1) is 5.92 Å². The molecule has 0 saturated heterocycles. The maximum atomic E-state index is 12.2. The summed E-state index contributed by atoms with van der Waals surface area (Å²) in [4.78, 5) is 12.2. The number of esters is 1. The number of hydrogen-bond donors (Lipinski definition) is 0. The van der Waals surface area contributed by atoms with Crippen LogP contribution in [0.15, 0.2) is 54.3 Å². The molecule has 1 aliphatic carbocycles. The fourth-order valence-electron chi connectivity index (χ4n) is 2.88. The summed E-state index contributed by atoms with van der Waals surface area (Å²) >= 11 is 0. The predicted molar refractivity (Wildman–Crippen MR) is 90.4 cm³/mol. The molecule has 1 aliphatic rings. The van der Waals surface area contributed by atoms with Crippen LogP contribution < -0.4 is 0 Å². The molecule has 22 heavy (non-hydrogen) atoms. The van der Waals surface area contributed by atoms with Gasteiger partial charge in [0, 0.05) is 11.8 Å². The van der Waals surface area contributed by atoms with Gasteiger partial charge in [-0.05, 0) is 37.3 Å². The first-order valence-electron chi connectivity index (χ1n) is 7.99. The smallest absolute Gasteiger partial charge is 0.311 e. The Labute approximate surface area is 133 Å². The third kappa shape index (κ3) is 4.33. The number of ether oxygens (including phenoxy) is 1. The molecular weight excluding hydrogens is 272 g/mol. The molecule has 2 rings (SSSR count). The molecule has 0 aromatic heterocycles. The zero-order chi connectivity index (χ0) is 16.2. The van der Waals surface area contributed by atoms with Crippen molar-refractivity contribution in [2.45, 2.75) is 51.9 Å². The van der Waals surface area contributed by atoms with E-state index in [1.54, 1.807) is 0 Å². The molecule has 1 unspecified atom stereocenters. The highest BCUT2D eigenvalue weighted by molar-refractivity contribution is 5.72. The van der Waals surface area contributed by atoms with Crippen molar-refractivity contribution in [2.75, 3.05) is 0 Å². The molecule has 0 N–H and O–H groups in total. The van der Waals surface area contributed by atoms with Gasteiger partial charge in [-0.2, -0.15) is 0 Å². The van der Waals surface area contributed by atoms with Gasteiger partial charge in [0.15, 0.2) is 0 Å². The molecule has 0 amide bonds. The number of hydrogen-bond acceptors (Lipinski definition) is 2. The summed E-state index contributed by atoms with van der Waals surface area (Å²) < 4.78 is 5.57. The van der Waals surface area contributed by atoms with Crippen LogP contribution in [0.25, 0.3) is 0 Å². The number of allylic oxidation sites excluding steroid dienone is 3. The summed E-state index contributed by atoms with van der Waals surface area (Å²) in [6.07, 6.45) is 5.22. The van der Waals surface area contributed by atoms with E-state index in [0.717, 1.165) is 30.6 Å². The minimum atomic E-state index is -0.214. The van der Waals surface area contributed by atoms with Gasteiger partial charge < -0.3 is 4.74 Å². The Bertz CT molecular complexity index is 567. The first-order valence-corrected chi connectivity index (χ1v) is 7.99. The Morgan fingerprint density at radius 1 is 1.32 bits per heavy atom. The van der Waals surface area contributed by atoms with E-state index in [-0.39, 0.29) is 11.4 Å². The van der Waals surface area contributed by atoms with Gasteiger partial charge in [-0.15, -0.1) is 0 Å². The lowest BCUT2D eigenvalue weighted by molar-refractivity contribution is -0.141. The van der Waals surface area contributed by atoms with Crippen LogP contribution in [0.1, 0.15) is 52.0 Å². The molecule has 2 nitrogen and oxygen atoms in total. The van der Waals surface area contributed by atoms with Crippen molar-refractivity contribution < 1.29 is 9.53 Å². The van der Waals surface area contributed by atoms with Crippen LogP contribution in [-0.4, -0.2) is 5.97 Å². The van der Waals surface area contributed by atoms with Gasteiger partial charge in [0.05, 0.1) is 6.42 Å². The van der Waals surface area contributed by atoms with E-state index >= 15 is 0 Å². The fraction of sp³-hybridized carbons (Fsp3) is 0.450. The van der Waals surface area contributed by atoms with Crippen molar-refractivity contribution >= 4 is 5.97 Å². The van der Waals surface area contributed by atoms with Gasteiger partial charge in [0.2, 0.25) is 0 Å². The number of carbonyl (C=O) groups excluding carboxylic acids is 1. The van der Waals surface area contributed by atoms with E-state index in [1.807, 2.05) is 18.2 Å². The van der Waals surface area contributed by atoms with Gasteiger partial charge in [-0.25, -0.2) is 0 Å². The Kier molecular flexibility index (Phi) is 5.23. The highest BCUT2D eigenvalue weighted by Crippen LogP contribution is 2.31. The van der Waals surface area contributed by atoms with Crippen LogP contribution in [-0.2, 0) is 14.9 Å². The molecule has 118 valence electrons. The van der Waals surface area contributed by atoms with E-state index in [2.05, 4.69) is 45.6 Å². The van der Waals surface area contributed by atoms with E-state index in [9.17, 15) is 4.79 Å². The quantitative estimate of drug-likeness (QED) is 0.554. The van der Waals surface area contributed by atoms with Gasteiger partial charge >= 0.3 is 5.97 Å². The van der Waals surface area contributed by atoms with E-state index < -0.39 is 0 Å². The second-order valence-corrected chi connectivity index (χ2v) is 6.89. The molecule has 1 aromatic rings. The summed E-state index contributed by atoms with van der Waals surface area (Å²) in [6.45, 7) is 10.2. The molecule has 0 fully saturated rings. The highest BCUT2D eigenvalue weighted by Gasteiger charge is 2.26. The predicted octanol–water partition coefficient (Wildman–Crippen LogP) is 5.16. The Hall–Kier alpha value is -1.83. The highest BCUT2D eigenvalue weighted by atomic mass is 16.5. The molecule has 0 radical (unpaired) electrons. The molecule has 0 aliphatic heterocycles. The topological polar surface area (TPSA) is 26.3 Å². The summed E-state index contributed by atoms with van der Waals surface area (Å²) in [5, 5.41) is 0. The first kappa shape index (κ1) is 16.5. The second kappa shape index (κ2) is 6.95. The Morgan fingerprint density at radius 3 is 2.55 bits per heavy atom. The lowest BCUT2D eigenvalue weighted by Gasteiger charge is -2.25. The normalized spacial score (nSPS) is 18.5. The maximum absolute atomic E-state index is 12.2. The van der Waals surface area contributed by atoms with Gasteiger partial charge in [-0.3, -0.25) is 4.79 Å². The van der Waals surface area contributed by atoms with E-state index in [0.29, 0.717) is 12.3 Å². The van der Waals surface area contributed by atoms with Gasteiger partial charge in [0.25, 0.3) is 0 Å². The molecule has 1 atom stereocenters. The number of rotatable bonds is 5. The zero-order valence-electron chi connectivity index (χ0n) is 13.9. The van der Waals surface area contributed by atoms with Gasteiger partial charge in [-0.1, -0.05) is 56.3 Å². The number of carbonyl (C=O) groups is 1. The van der Waals surface area contributed by atoms with Crippen molar-refractivity contribution in [3.05, 3.63) is 59.9 Å². The van der Waals surface area contributed by atoms with E-state index in [1.165, 1.54) is 5.57 Å². The van der Waals surface area contributed by atoms with Crippen LogP contribution in [0.5, 0.6) is 0 Å². The van der Waals surface area contributed by atoms with Crippen molar-refractivity contribution in [3.63, 3.8) is 0 Å². The van der Waals surface area contributed by atoms with Crippen molar-refractivity contribution in [1.82, 2.24) is 0 Å². The summed E-state index contributed by atoms with van der Waals surface area (Å²) in [7, 11) is 0. The average molecular weight is 298 g/mol. The lowest BCUT2D eigenvalue weighted by atomic mass is 9.81. The lowest BCUT2D eigenvalue weighted by Crippen LogP contribution is -2.23. The Balaban J connectivity index is 1.92. The van der Waals surface area contributed by atoms with Gasteiger partial charge in [0.1, 0.15) is 5.76 Å². The summed E-state index contributed by atoms with van der Waals surface area (Å²) in [5.74, 6) is 1.21. The fourth-order valence-corrected chi connectivity index (χ4v) is 2.88. The molecule has 2 heteroatoms. The van der Waals surface area contributed by atoms with Crippen molar-refractivity contribution in [3.8, 4) is 0 Å². The SMILES string of the molecule is C=C(C)C1CC=C(OC(=O)CC(C)(C)c2ccccc2)CC1. The standard InChI is InChI=1S/C20H26O2/c1-15(2)16-10-12-18(13-11-16)22-19(21)14-20(3,4)17-8-6-5-7-9-17/h5-9,12,16H,1,10-11,13-14H2,2-4H3. The van der Waals surface area contributed by atoms with Crippen LogP contribution in [0.3, 0.4) is 0 Å². The minimum absolute atomic E-state index is 0.145. The molecule has 0 heterocycles. The van der Waals surface area contributed by atoms with Crippen molar-refractivity contribution in [1.29, 1.82) is 0 Å². The Morgan fingerprint density at radius 2 is 2.00 bits per heavy atom. The molecular formula is C20H26O2. The largest absolute Gasteiger partial charge is 0.431 e. The van der Waals surface area contributed by atoms with Crippen molar-refractivity contribution in [2.24, 2.45) is 5.92 Å². The molecule has 0 saturated carbocycles. The second-order valence-electron chi connectivity index (χ2n) is 6.89. The zero-order valence-corrected chi connectivity index (χ0v) is 13.9. The van der Waals surface area contributed by atoms with E-state index in [4.69, 9.17) is 4.74 Å². The summed E-state index contributed by atoms with van der Waals surface area (Å²) in [6, 6.07) is 10.1. The van der Waals surface area contributed by atoms with Crippen LogP contribution >= 0.6 is 0 Å². The average Bonchev–Trinajstić information content (AvgIpc) is 2.48. The first-order chi connectivity index (χ1) is 10.4. The monoisotopic (exact) mass is 298 g/mol. The third-order valence-corrected chi connectivity index (χ3v) is 4.45. The summed E-state index contributed by atoms with van der Waals surface area (Å²) in [5.41, 5.74) is 2.16. The third-order valence-electron chi connectivity index (χ3n) is 4.45.